The van der Waals surface area contributed by atoms with E-state index >= 15 is 0 Å². The molecule has 5 aromatic rings. The Labute approximate surface area is 275 Å². The number of anilines is 1. The Bertz CT molecular complexity index is 2170. The highest BCUT2D eigenvalue weighted by molar-refractivity contribution is 7.89. The summed E-state index contributed by atoms with van der Waals surface area (Å²) in [6.07, 6.45) is 13.2. The molecule has 0 unspecified atom stereocenters. The summed E-state index contributed by atoms with van der Waals surface area (Å²) in [5.74, 6) is -0.117. The third-order valence-electron chi connectivity index (χ3n) is 8.70. The third-order valence-corrected chi connectivity index (χ3v) is 11.3. The Morgan fingerprint density at radius 1 is 1.17 bits per heavy atom. The van der Waals surface area contributed by atoms with Crippen molar-refractivity contribution in [2.24, 2.45) is 5.92 Å². The van der Waals surface area contributed by atoms with Gasteiger partial charge in [0.05, 0.1) is 16.8 Å². The molecule has 0 radical (unpaired) electrons. The number of benzene rings is 1. The van der Waals surface area contributed by atoms with E-state index in [0.717, 1.165) is 33.0 Å². The van der Waals surface area contributed by atoms with Crippen molar-refractivity contribution in [3.05, 3.63) is 89.0 Å². The second-order valence-electron chi connectivity index (χ2n) is 11.6. The maximum Gasteiger partial charge on any atom is 0.278 e. The van der Waals surface area contributed by atoms with Crippen LogP contribution in [0.4, 0.5) is 5.13 Å². The number of amides is 1. The first-order valence-electron chi connectivity index (χ1n) is 15.1. The number of rotatable bonds is 9. The molecule has 1 saturated carbocycles. The minimum Gasteiger partial charge on any atom is -0.470 e. The van der Waals surface area contributed by atoms with Gasteiger partial charge in [0, 0.05) is 47.0 Å². The van der Waals surface area contributed by atoms with Gasteiger partial charge in [-0.05, 0) is 43.9 Å². The van der Waals surface area contributed by atoms with E-state index in [0.29, 0.717) is 28.9 Å². The number of hydrogen-bond donors (Lipinski definition) is 1. The molecule has 1 fully saturated rings. The fourth-order valence-electron chi connectivity index (χ4n) is 6.38. The van der Waals surface area contributed by atoms with Crippen LogP contribution >= 0.6 is 11.3 Å². The molecule has 13 nitrogen and oxygen atoms in total. The number of thiazole rings is 1. The summed E-state index contributed by atoms with van der Waals surface area (Å²) in [5, 5.41) is 8.48. The van der Waals surface area contributed by atoms with Gasteiger partial charge in [0.1, 0.15) is 18.0 Å². The van der Waals surface area contributed by atoms with Crippen LogP contribution < -0.4 is 5.32 Å². The van der Waals surface area contributed by atoms with Gasteiger partial charge in [0.15, 0.2) is 23.3 Å². The summed E-state index contributed by atoms with van der Waals surface area (Å²) in [6, 6.07) is 8.35. The van der Waals surface area contributed by atoms with Crippen molar-refractivity contribution in [2.45, 2.75) is 50.3 Å². The number of aromatic nitrogens is 6. The fourth-order valence-corrected chi connectivity index (χ4v) is 8.43. The van der Waals surface area contributed by atoms with Crippen molar-refractivity contribution < 1.29 is 17.9 Å². The lowest BCUT2D eigenvalue weighted by Crippen LogP contribution is -2.37. The maximum atomic E-state index is 13.6. The topological polar surface area (TPSA) is 141 Å². The van der Waals surface area contributed by atoms with Crippen LogP contribution in [0.3, 0.4) is 0 Å². The highest BCUT2D eigenvalue weighted by Gasteiger charge is 2.39. The van der Waals surface area contributed by atoms with Crippen molar-refractivity contribution in [3.63, 3.8) is 0 Å². The average Bonchev–Trinajstić information content (AvgIpc) is 3.89. The molecular formula is C32H31N9O4S2. The minimum atomic E-state index is -4.03. The SMILES string of the molecule is [C-]#[N+]C[C@H](C1CCCC1)n1cc(-c2ncnc3c2ccn3COC2=C(C(=O)Nc3ncc(C)s3)N(C)S(=O)(=O)c3ccccc32)cn1. The van der Waals surface area contributed by atoms with Crippen molar-refractivity contribution in [2.75, 3.05) is 18.9 Å². The molecule has 7 rings (SSSR count). The van der Waals surface area contributed by atoms with E-state index in [1.165, 1.54) is 43.6 Å². The fraction of sp³-hybridized carbons (Fsp3) is 0.312. The molecule has 0 spiro atoms. The molecule has 0 bridgehead atoms. The van der Waals surface area contributed by atoms with Crippen LogP contribution in [0.2, 0.25) is 0 Å². The van der Waals surface area contributed by atoms with Gasteiger partial charge in [0.25, 0.3) is 15.9 Å². The summed E-state index contributed by atoms with van der Waals surface area (Å²) in [5.41, 5.74) is 2.22. The van der Waals surface area contributed by atoms with Crippen LogP contribution in [-0.4, -0.2) is 61.5 Å². The zero-order valence-corrected chi connectivity index (χ0v) is 27.3. The molecule has 5 heterocycles. The van der Waals surface area contributed by atoms with E-state index in [1.54, 1.807) is 41.4 Å². The molecule has 2 aliphatic rings. The first-order valence-corrected chi connectivity index (χ1v) is 17.4. The molecule has 1 aliphatic carbocycles. The lowest BCUT2D eigenvalue weighted by molar-refractivity contribution is -0.113. The number of sulfonamides is 1. The number of hydrogen-bond acceptors (Lipinski definition) is 9. The second kappa shape index (κ2) is 12.3. The van der Waals surface area contributed by atoms with Crippen molar-refractivity contribution in [1.29, 1.82) is 0 Å². The third kappa shape index (κ3) is 5.53. The molecule has 1 aliphatic heterocycles. The summed E-state index contributed by atoms with van der Waals surface area (Å²) in [4.78, 5) is 31.5. The lowest BCUT2D eigenvalue weighted by atomic mass is 9.98. The van der Waals surface area contributed by atoms with Crippen molar-refractivity contribution in [3.8, 4) is 11.3 Å². The average molecular weight is 670 g/mol. The second-order valence-corrected chi connectivity index (χ2v) is 14.7. The van der Waals surface area contributed by atoms with Crippen molar-refractivity contribution in [1.82, 2.24) is 33.6 Å². The van der Waals surface area contributed by atoms with Crippen LogP contribution in [0.25, 0.3) is 32.9 Å². The van der Waals surface area contributed by atoms with E-state index in [9.17, 15) is 13.2 Å². The number of aryl methyl sites for hydroxylation is 1. The van der Waals surface area contributed by atoms with Crippen LogP contribution in [0.15, 0.2) is 72.0 Å². The molecule has 0 saturated heterocycles. The highest BCUT2D eigenvalue weighted by Crippen LogP contribution is 2.38. The number of carbonyl (C=O) groups excluding carboxylic acids is 1. The molecular weight excluding hydrogens is 639 g/mol. The standard InChI is InChI=1S/C32H31N9O4S2/c1-20-14-34-32(46-20)38-31(42)28-29(23-10-6-7-11-26(23)47(43,44)39(28)3)45-19-40-13-12-24-27(35-18-36-30(24)40)22-15-37-41(17-22)25(16-33-2)21-8-4-5-9-21/h6-7,10-15,17-18,21,25H,4-5,8-9,16,19H2,1,3H3,(H,34,38,42)/t25-/m1/s1. The predicted molar refractivity (Wildman–Crippen MR) is 176 cm³/mol. The van der Waals surface area contributed by atoms with E-state index in [2.05, 4.69) is 30.2 Å². The van der Waals surface area contributed by atoms with Crippen molar-refractivity contribution >= 4 is 49.2 Å². The zero-order chi connectivity index (χ0) is 32.7. The molecule has 4 aromatic heterocycles. The van der Waals surface area contributed by atoms with Gasteiger partial charge in [-0.3, -0.25) is 23.7 Å². The van der Waals surface area contributed by atoms with Crippen LogP contribution in [0.1, 0.15) is 42.2 Å². The van der Waals surface area contributed by atoms with E-state index in [1.807, 2.05) is 23.9 Å². The molecule has 15 heteroatoms. The van der Waals surface area contributed by atoms with Gasteiger partial charge in [-0.2, -0.15) is 5.10 Å². The molecule has 1 atom stereocenters. The number of ether oxygens (including phenoxy) is 1. The zero-order valence-electron chi connectivity index (χ0n) is 25.7. The molecule has 1 N–H and O–H groups in total. The largest absolute Gasteiger partial charge is 0.470 e. The Morgan fingerprint density at radius 2 is 1.98 bits per heavy atom. The summed E-state index contributed by atoms with van der Waals surface area (Å²) in [7, 11) is -2.70. The van der Waals surface area contributed by atoms with E-state index < -0.39 is 15.9 Å². The van der Waals surface area contributed by atoms with Crippen LogP contribution in [0, 0.1) is 19.4 Å². The minimum absolute atomic E-state index is 0.0266. The lowest BCUT2D eigenvalue weighted by Gasteiger charge is -2.30. The van der Waals surface area contributed by atoms with E-state index in [4.69, 9.17) is 11.3 Å². The number of likely N-dealkylation sites (N-methyl/N-ethyl adjacent to an activating group) is 1. The molecule has 1 aromatic carbocycles. The summed E-state index contributed by atoms with van der Waals surface area (Å²) < 4.78 is 37.9. The van der Waals surface area contributed by atoms with E-state index in [-0.39, 0.29) is 34.7 Å². The smallest absolute Gasteiger partial charge is 0.278 e. The van der Waals surface area contributed by atoms with Gasteiger partial charge in [0.2, 0.25) is 6.54 Å². The number of nitrogens with one attached hydrogen (secondary N) is 1. The van der Waals surface area contributed by atoms with Gasteiger partial charge in [-0.1, -0.05) is 25.0 Å². The predicted octanol–water partition coefficient (Wildman–Crippen LogP) is 5.33. The molecule has 240 valence electrons. The number of carbonyl (C=O) groups is 1. The Kier molecular flexibility index (Phi) is 7.98. The normalized spacial score (nSPS) is 16.7. The number of fused-ring (bicyclic) bond motifs is 2. The number of nitrogens with zero attached hydrogens (tertiary/aromatic N) is 8. The maximum absolute atomic E-state index is 13.6. The Balaban J connectivity index is 1.22. The van der Waals surface area contributed by atoms with Crippen LogP contribution in [0.5, 0.6) is 0 Å². The molecule has 1 amide bonds. The quantitative estimate of drug-likeness (QED) is 0.208. The Morgan fingerprint density at radius 3 is 2.74 bits per heavy atom. The summed E-state index contributed by atoms with van der Waals surface area (Å²) in [6.45, 7) is 9.66. The molecule has 47 heavy (non-hydrogen) atoms. The monoisotopic (exact) mass is 669 g/mol. The van der Waals surface area contributed by atoms with Gasteiger partial charge < -0.3 is 9.58 Å². The first-order chi connectivity index (χ1) is 22.8. The van der Waals surface area contributed by atoms with Gasteiger partial charge in [-0.15, -0.1) is 11.3 Å². The summed E-state index contributed by atoms with van der Waals surface area (Å²) >= 11 is 1.28. The Hall–Kier alpha value is -5.07. The highest BCUT2D eigenvalue weighted by atomic mass is 32.2. The van der Waals surface area contributed by atoms with Gasteiger partial charge in [-0.25, -0.2) is 29.9 Å². The first kappa shape index (κ1) is 30.6. The van der Waals surface area contributed by atoms with Crippen LogP contribution in [-0.2, 0) is 26.3 Å². The van der Waals surface area contributed by atoms with Gasteiger partial charge >= 0.3 is 0 Å².